The van der Waals surface area contributed by atoms with Crippen LogP contribution in [0.15, 0.2) is 0 Å². The lowest BCUT2D eigenvalue weighted by molar-refractivity contribution is -0.134. The largest absolute Gasteiger partial charge is 0.289 e. The molecule has 7 nitrogen and oxygen atoms in total. The second-order valence-corrected chi connectivity index (χ2v) is 7.54. The molecule has 2 aliphatic rings. The maximum Gasteiger partial charge on any atom is 0.247 e. The third-order valence-electron chi connectivity index (χ3n) is 6.19. The van der Waals surface area contributed by atoms with Crippen molar-refractivity contribution in [3.8, 4) is 12.1 Å². The van der Waals surface area contributed by atoms with Gasteiger partial charge in [0.15, 0.2) is 11.4 Å². The summed E-state index contributed by atoms with van der Waals surface area (Å²) in [5, 5.41) is 20.2. The molecule has 1 saturated carbocycles. The van der Waals surface area contributed by atoms with Crippen molar-refractivity contribution in [2.45, 2.75) is 44.4 Å². The average molecular weight is 324 g/mol. The van der Waals surface area contributed by atoms with Gasteiger partial charge in [0, 0.05) is 19.5 Å². The van der Waals surface area contributed by atoms with Crippen molar-refractivity contribution in [2.75, 3.05) is 14.1 Å². The van der Waals surface area contributed by atoms with Crippen molar-refractivity contribution < 1.29 is 4.79 Å². The number of nitrogens with one attached hydrogen (secondary N) is 1. The van der Waals surface area contributed by atoms with Crippen molar-refractivity contribution >= 4 is 5.91 Å². The standard InChI is InChI=1S/C17H20N6O/c1-15(2)16(3)6-7-17(15,14(24)22-23(4)5)13-12(16)20-10(8-18)11(9-19)21-13/h6-7H2,1-5H3,(H,22,24). The lowest BCUT2D eigenvalue weighted by Gasteiger charge is -2.39. The summed E-state index contributed by atoms with van der Waals surface area (Å²) < 4.78 is 0. The highest BCUT2D eigenvalue weighted by Crippen LogP contribution is 2.70. The predicted molar refractivity (Wildman–Crippen MR) is 85.3 cm³/mol. The van der Waals surface area contributed by atoms with Crippen LogP contribution in [-0.2, 0) is 15.6 Å². The molecule has 1 N–H and O–H groups in total. The van der Waals surface area contributed by atoms with Gasteiger partial charge in [-0.2, -0.15) is 10.5 Å². The number of amides is 1. The Bertz CT molecular complexity index is 831. The molecule has 24 heavy (non-hydrogen) atoms. The molecular formula is C17H20N6O. The fourth-order valence-corrected chi connectivity index (χ4v) is 4.44. The molecule has 2 aliphatic carbocycles. The molecule has 1 amide bonds. The highest BCUT2D eigenvalue weighted by Gasteiger charge is 2.73. The van der Waals surface area contributed by atoms with Gasteiger partial charge < -0.3 is 0 Å². The van der Waals surface area contributed by atoms with Crippen LogP contribution in [0.1, 0.15) is 56.4 Å². The quantitative estimate of drug-likeness (QED) is 0.818. The van der Waals surface area contributed by atoms with Gasteiger partial charge in [-0.1, -0.05) is 20.8 Å². The molecule has 2 unspecified atom stereocenters. The van der Waals surface area contributed by atoms with E-state index < -0.39 is 10.8 Å². The van der Waals surface area contributed by atoms with Crippen LogP contribution in [0.4, 0.5) is 0 Å². The Kier molecular flexibility index (Phi) is 3.23. The van der Waals surface area contributed by atoms with Crippen LogP contribution < -0.4 is 5.43 Å². The summed E-state index contributed by atoms with van der Waals surface area (Å²) in [5.74, 6) is -0.136. The van der Waals surface area contributed by atoms with Crippen LogP contribution in [0, 0.1) is 28.1 Å². The molecule has 7 heteroatoms. The first-order valence-corrected chi connectivity index (χ1v) is 7.87. The monoisotopic (exact) mass is 324 g/mol. The van der Waals surface area contributed by atoms with E-state index in [0.717, 1.165) is 6.42 Å². The molecule has 0 spiro atoms. The van der Waals surface area contributed by atoms with Gasteiger partial charge in [0.05, 0.1) is 11.4 Å². The number of hydrogen-bond donors (Lipinski definition) is 1. The Labute approximate surface area is 141 Å². The third kappa shape index (κ3) is 1.60. The molecule has 2 bridgehead atoms. The van der Waals surface area contributed by atoms with E-state index in [1.54, 1.807) is 19.1 Å². The molecular weight excluding hydrogens is 304 g/mol. The van der Waals surface area contributed by atoms with Crippen molar-refractivity contribution in [3.63, 3.8) is 0 Å². The maximum atomic E-state index is 13.1. The Hall–Kier alpha value is -2.51. The summed E-state index contributed by atoms with van der Waals surface area (Å²) in [6.45, 7) is 6.18. The minimum absolute atomic E-state index is 0.0137. The van der Waals surface area contributed by atoms with Gasteiger partial charge in [-0.15, -0.1) is 0 Å². The van der Waals surface area contributed by atoms with E-state index in [1.165, 1.54) is 0 Å². The van der Waals surface area contributed by atoms with E-state index in [2.05, 4.69) is 36.2 Å². The molecule has 1 aromatic heterocycles. The number of carbonyl (C=O) groups is 1. The Balaban J connectivity index is 2.32. The zero-order valence-electron chi connectivity index (χ0n) is 14.6. The van der Waals surface area contributed by atoms with E-state index in [9.17, 15) is 15.3 Å². The summed E-state index contributed by atoms with van der Waals surface area (Å²) in [6.07, 6.45) is 1.44. The van der Waals surface area contributed by atoms with E-state index >= 15 is 0 Å². The Morgan fingerprint density at radius 1 is 1.08 bits per heavy atom. The fourth-order valence-electron chi connectivity index (χ4n) is 4.44. The van der Waals surface area contributed by atoms with Gasteiger partial charge in [0.1, 0.15) is 17.6 Å². The third-order valence-corrected chi connectivity index (χ3v) is 6.19. The molecule has 1 heterocycles. The van der Waals surface area contributed by atoms with Crippen LogP contribution in [0.3, 0.4) is 0 Å². The summed E-state index contributed by atoms with van der Waals surface area (Å²) in [4.78, 5) is 22.0. The number of nitriles is 2. The second-order valence-electron chi connectivity index (χ2n) is 7.54. The average Bonchev–Trinajstić information content (AvgIpc) is 2.81. The van der Waals surface area contributed by atoms with Gasteiger partial charge in [-0.3, -0.25) is 10.2 Å². The molecule has 0 radical (unpaired) electrons. The topological polar surface area (TPSA) is 106 Å². The summed E-state index contributed by atoms with van der Waals surface area (Å²) in [6, 6.07) is 3.88. The van der Waals surface area contributed by atoms with Gasteiger partial charge in [-0.25, -0.2) is 15.0 Å². The molecule has 0 saturated heterocycles. The van der Waals surface area contributed by atoms with Crippen LogP contribution in [-0.4, -0.2) is 35.0 Å². The molecule has 0 aromatic carbocycles. The number of hydrogen-bond acceptors (Lipinski definition) is 6. The van der Waals surface area contributed by atoms with Gasteiger partial charge in [-0.05, 0) is 18.3 Å². The molecule has 124 valence electrons. The SMILES string of the molecule is CN(C)NC(=O)C12CCC(C)(c3nc(C#N)c(C#N)nc31)C2(C)C. The summed E-state index contributed by atoms with van der Waals surface area (Å²) in [7, 11) is 3.52. The van der Waals surface area contributed by atoms with Gasteiger partial charge >= 0.3 is 0 Å². The lowest BCUT2D eigenvalue weighted by Crippen LogP contribution is -2.54. The minimum Gasteiger partial charge on any atom is -0.289 e. The number of hydrazine groups is 1. The van der Waals surface area contributed by atoms with Gasteiger partial charge in [0.25, 0.3) is 0 Å². The molecule has 3 rings (SSSR count). The van der Waals surface area contributed by atoms with Crippen molar-refractivity contribution in [1.29, 1.82) is 10.5 Å². The number of nitrogens with zero attached hydrogens (tertiary/aromatic N) is 5. The number of rotatable bonds is 2. The summed E-state index contributed by atoms with van der Waals surface area (Å²) >= 11 is 0. The van der Waals surface area contributed by atoms with Gasteiger partial charge in [0.2, 0.25) is 5.91 Å². The van der Waals surface area contributed by atoms with Crippen LogP contribution in [0.2, 0.25) is 0 Å². The first kappa shape index (κ1) is 16.4. The van der Waals surface area contributed by atoms with E-state index in [4.69, 9.17) is 0 Å². The van der Waals surface area contributed by atoms with Crippen molar-refractivity contribution in [1.82, 2.24) is 20.4 Å². The normalized spacial score (nSPS) is 29.0. The fraction of sp³-hybridized carbons (Fsp3) is 0.588. The van der Waals surface area contributed by atoms with Crippen LogP contribution in [0.5, 0.6) is 0 Å². The highest BCUT2D eigenvalue weighted by atomic mass is 16.2. The molecule has 2 atom stereocenters. The minimum atomic E-state index is -0.853. The first-order valence-electron chi connectivity index (χ1n) is 7.87. The molecule has 1 aromatic rings. The van der Waals surface area contributed by atoms with E-state index in [0.29, 0.717) is 17.8 Å². The van der Waals surface area contributed by atoms with Crippen molar-refractivity contribution in [2.24, 2.45) is 5.41 Å². The predicted octanol–water partition coefficient (Wildman–Crippen LogP) is 1.14. The molecule has 0 aliphatic heterocycles. The smallest absolute Gasteiger partial charge is 0.247 e. The number of aromatic nitrogens is 2. The zero-order chi connectivity index (χ0) is 17.9. The van der Waals surface area contributed by atoms with Crippen LogP contribution >= 0.6 is 0 Å². The maximum absolute atomic E-state index is 13.1. The lowest BCUT2D eigenvalue weighted by atomic mass is 9.63. The zero-order valence-corrected chi connectivity index (χ0v) is 14.6. The van der Waals surface area contributed by atoms with E-state index in [-0.39, 0.29) is 22.7 Å². The number of carbonyl (C=O) groups excluding carboxylic acids is 1. The van der Waals surface area contributed by atoms with Crippen molar-refractivity contribution in [3.05, 3.63) is 22.8 Å². The highest BCUT2D eigenvalue weighted by molar-refractivity contribution is 5.91. The first-order chi connectivity index (χ1) is 11.2. The van der Waals surface area contributed by atoms with E-state index in [1.807, 2.05) is 12.1 Å². The Morgan fingerprint density at radius 3 is 2.12 bits per heavy atom. The Morgan fingerprint density at radius 2 is 1.62 bits per heavy atom. The molecule has 1 fully saturated rings. The van der Waals surface area contributed by atoms with Crippen LogP contribution in [0.25, 0.3) is 0 Å². The number of fused-ring (bicyclic) bond motifs is 5. The second kappa shape index (κ2) is 4.75. The summed E-state index contributed by atoms with van der Waals surface area (Å²) in [5.41, 5.74) is 2.47.